The molecule has 1 aromatic heterocycles. The summed E-state index contributed by atoms with van der Waals surface area (Å²) in [6, 6.07) is 3.19. The van der Waals surface area contributed by atoms with Gasteiger partial charge >= 0.3 is 6.18 Å². The van der Waals surface area contributed by atoms with Gasteiger partial charge < -0.3 is 4.98 Å². The summed E-state index contributed by atoms with van der Waals surface area (Å²) in [5.41, 5.74) is -0.175. The van der Waals surface area contributed by atoms with E-state index in [1.54, 1.807) is 0 Å². The Kier molecular flexibility index (Phi) is 5.00. The number of nitrogens with zero attached hydrogens (tertiary/aromatic N) is 2. The zero-order valence-corrected chi connectivity index (χ0v) is 13.6. The van der Waals surface area contributed by atoms with Crippen LogP contribution in [0.4, 0.5) is 13.2 Å². The van der Waals surface area contributed by atoms with E-state index < -0.39 is 21.8 Å². The maximum Gasteiger partial charge on any atom is 0.416 e. The first-order chi connectivity index (χ1) is 10.6. The normalized spacial score (nSPS) is 13.1. The minimum Gasteiger partial charge on any atom is -0.341 e. The summed E-state index contributed by atoms with van der Waals surface area (Å²) >= 11 is 0. The Balaban J connectivity index is 2.21. The lowest BCUT2D eigenvalue weighted by atomic mass is 10.2. The summed E-state index contributed by atoms with van der Waals surface area (Å²) in [6.45, 7) is 1.88. The van der Waals surface area contributed by atoms with Gasteiger partial charge in [0.05, 0.1) is 28.9 Å². The number of fused-ring (bicyclic) bond motifs is 1. The van der Waals surface area contributed by atoms with Crippen molar-refractivity contribution in [2.45, 2.75) is 32.5 Å². The molecule has 2 aromatic rings. The van der Waals surface area contributed by atoms with Crippen molar-refractivity contribution in [3.05, 3.63) is 29.6 Å². The number of aromatic nitrogens is 2. The molecule has 5 nitrogen and oxygen atoms in total. The molecule has 0 bridgehead atoms. The van der Waals surface area contributed by atoms with Gasteiger partial charge in [-0.2, -0.15) is 17.5 Å². The number of hydrogen-bond donors (Lipinski definition) is 1. The number of rotatable bonds is 6. The van der Waals surface area contributed by atoms with E-state index in [0.29, 0.717) is 17.8 Å². The number of sulfonamides is 1. The summed E-state index contributed by atoms with van der Waals surface area (Å²) in [5.74, 6) is 0.347. The van der Waals surface area contributed by atoms with Gasteiger partial charge in [0.1, 0.15) is 5.82 Å². The molecule has 0 aliphatic heterocycles. The quantitative estimate of drug-likeness (QED) is 0.871. The van der Waals surface area contributed by atoms with Crippen molar-refractivity contribution in [1.29, 1.82) is 0 Å². The molecule has 0 fully saturated rings. The summed E-state index contributed by atoms with van der Waals surface area (Å²) in [6.07, 6.45) is -3.11. The largest absolute Gasteiger partial charge is 0.416 e. The molecule has 0 aliphatic carbocycles. The van der Waals surface area contributed by atoms with Crippen molar-refractivity contribution in [3.8, 4) is 0 Å². The third kappa shape index (κ3) is 4.23. The Hall–Kier alpha value is -1.61. The highest BCUT2D eigenvalue weighted by Crippen LogP contribution is 2.30. The van der Waals surface area contributed by atoms with Crippen LogP contribution < -0.4 is 0 Å². The van der Waals surface area contributed by atoms with Gasteiger partial charge in [-0.1, -0.05) is 13.3 Å². The van der Waals surface area contributed by atoms with Gasteiger partial charge in [-0.05, 0) is 24.6 Å². The SMILES string of the molecule is CCCCS(=O)(=O)N(C)Cc1nc2ccc(C(F)(F)F)cc2[nH]1. The molecule has 1 heterocycles. The van der Waals surface area contributed by atoms with Crippen LogP contribution in [0.3, 0.4) is 0 Å². The molecule has 0 atom stereocenters. The molecule has 1 aromatic carbocycles. The molecule has 0 saturated carbocycles. The number of H-pyrrole nitrogens is 1. The van der Waals surface area contributed by atoms with Crippen molar-refractivity contribution in [3.63, 3.8) is 0 Å². The molecule has 128 valence electrons. The molecular weight excluding hydrogens is 331 g/mol. The highest BCUT2D eigenvalue weighted by atomic mass is 32.2. The lowest BCUT2D eigenvalue weighted by Gasteiger charge is -2.15. The van der Waals surface area contributed by atoms with E-state index in [1.165, 1.54) is 13.1 Å². The van der Waals surface area contributed by atoms with Crippen LogP contribution >= 0.6 is 0 Å². The minimum atomic E-state index is -4.43. The first-order valence-electron chi connectivity index (χ1n) is 7.13. The highest BCUT2D eigenvalue weighted by Gasteiger charge is 2.30. The standard InChI is InChI=1S/C14H18F3N3O2S/c1-3-4-7-23(21,22)20(2)9-13-18-11-6-5-10(14(15,16)17)8-12(11)19-13/h5-6,8H,3-4,7,9H2,1-2H3,(H,18,19). The molecule has 0 radical (unpaired) electrons. The smallest absolute Gasteiger partial charge is 0.341 e. The number of unbranched alkanes of at least 4 members (excludes halogenated alkanes) is 1. The molecule has 1 N–H and O–H groups in total. The topological polar surface area (TPSA) is 66.1 Å². The van der Waals surface area contributed by atoms with Gasteiger partial charge in [-0.3, -0.25) is 0 Å². The molecule has 0 spiro atoms. The second kappa shape index (κ2) is 6.48. The summed E-state index contributed by atoms with van der Waals surface area (Å²) in [7, 11) is -1.97. The molecule has 9 heteroatoms. The van der Waals surface area contributed by atoms with Crippen molar-refractivity contribution in [2.24, 2.45) is 0 Å². The monoisotopic (exact) mass is 349 g/mol. The first kappa shape index (κ1) is 17.7. The molecule has 2 rings (SSSR count). The number of hydrogen-bond acceptors (Lipinski definition) is 3. The molecule has 0 unspecified atom stereocenters. The van der Waals surface area contributed by atoms with E-state index in [9.17, 15) is 21.6 Å². The van der Waals surface area contributed by atoms with E-state index >= 15 is 0 Å². The number of alkyl halides is 3. The molecule has 0 aliphatic rings. The third-order valence-electron chi connectivity index (χ3n) is 3.46. The van der Waals surface area contributed by atoms with Crippen LogP contribution in [0.25, 0.3) is 11.0 Å². The third-order valence-corrected chi connectivity index (χ3v) is 5.34. The van der Waals surface area contributed by atoms with Crippen LogP contribution in [0.5, 0.6) is 0 Å². The Labute approximate surface area is 132 Å². The first-order valence-corrected chi connectivity index (χ1v) is 8.74. The summed E-state index contributed by atoms with van der Waals surface area (Å²) in [4.78, 5) is 6.89. The zero-order chi connectivity index (χ0) is 17.3. The van der Waals surface area contributed by atoms with E-state index in [2.05, 4.69) is 9.97 Å². The lowest BCUT2D eigenvalue weighted by molar-refractivity contribution is -0.137. The lowest BCUT2D eigenvalue weighted by Crippen LogP contribution is -2.29. The average molecular weight is 349 g/mol. The van der Waals surface area contributed by atoms with Crippen molar-refractivity contribution in [2.75, 3.05) is 12.8 Å². The number of benzene rings is 1. The Bertz CT molecular complexity index is 784. The Morgan fingerprint density at radius 1 is 1.30 bits per heavy atom. The van der Waals surface area contributed by atoms with Gasteiger partial charge in [0.15, 0.2) is 0 Å². The molecular formula is C14H18F3N3O2S. The zero-order valence-electron chi connectivity index (χ0n) is 12.8. The number of aromatic amines is 1. The molecule has 23 heavy (non-hydrogen) atoms. The Morgan fingerprint density at radius 2 is 2.00 bits per heavy atom. The van der Waals surface area contributed by atoms with Gasteiger partial charge in [-0.25, -0.2) is 13.4 Å². The number of imidazole rings is 1. The van der Waals surface area contributed by atoms with Crippen LogP contribution in [0, 0.1) is 0 Å². The minimum absolute atomic E-state index is 0.0118. The fraction of sp³-hybridized carbons (Fsp3) is 0.500. The predicted octanol–water partition coefficient (Wildman–Crippen LogP) is 3.14. The fourth-order valence-electron chi connectivity index (χ4n) is 2.11. The van der Waals surface area contributed by atoms with Crippen LogP contribution in [0.2, 0.25) is 0 Å². The van der Waals surface area contributed by atoms with Crippen LogP contribution in [-0.2, 0) is 22.7 Å². The van der Waals surface area contributed by atoms with E-state index in [-0.39, 0.29) is 17.8 Å². The summed E-state index contributed by atoms with van der Waals surface area (Å²) in [5, 5.41) is 0. The maximum absolute atomic E-state index is 12.7. The maximum atomic E-state index is 12.7. The average Bonchev–Trinajstić information content (AvgIpc) is 2.85. The van der Waals surface area contributed by atoms with Crippen LogP contribution in [0.1, 0.15) is 31.2 Å². The van der Waals surface area contributed by atoms with Crippen molar-refractivity contribution < 1.29 is 21.6 Å². The van der Waals surface area contributed by atoms with E-state index in [1.807, 2.05) is 6.92 Å². The number of nitrogens with one attached hydrogen (secondary N) is 1. The van der Waals surface area contributed by atoms with Crippen molar-refractivity contribution >= 4 is 21.1 Å². The van der Waals surface area contributed by atoms with Crippen LogP contribution in [0.15, 0.2) is 18.2 Å². The van der Waals surface area contributed by atoms with Crippen LogP contribution in [-0.4, -0.2) is 35.5 Å². The van der Waals surface area contributed by atoms with Crippen molar-refractivity contribution in [1.82, 2.24) is 14.3 Å². The molecule has 0 amide bonds. The second-order valence-corrected chi connectivity index (χ2v) is 7.53. The van der Waals surface area contributed by atoms with Gasteiger partial charge in [0.25, 0.3) is 0 Å². The van der Waals surface area contributed by atoms with Gasteiger partial charge in [-0.15, -0.1) is 0 Å². The van der Waals surface area contributed by atoms with Gasteiger partial charge in [0.2, 0.25) is 10.0 Å². The second-order valence-electron chi connectivity index (χ2n) is 5.34. The summed E-state index contributed by atoms with van der Waals surface area (Å²) < 4.78 is 63.3. The Morgan fingerprint density at radius 3 is 2.61 bits per heavy atom. The van der Waals surface area contributed by atoms with Gasteiger partial charge in [0, 0.05) is 7.05 Å². The molecule has 0 saturated heterocycles. The van der Waals surface area contributed by atoms with E-state index in [0.717, 1.165) is 22.9 Å². The predicted molar refractivity (Wildman–Crippen MR) is 81.3 cm³/mol. The number of halogens is 3. The van der Waals surface area contributed by atoms with E-state index in [4.69, 9.17) is 0 Å². The fourth-order valence-corrected chi connectivity index (χ4v) is 3.39. The highest BCUT2D eigenvalue weighted by molar-refractivity contribution is 7.89.